The standard InChI is InChI=1S/C13H15IO4/c14-11-7-9(13(15)16)4-5-10(11)8-18-12-3-1-2-6-17-12/h4-5,7,12H,1-3,6,8H2,(H,15,16). The zero-order valence-corrected chi connectivity index (χ0v) is 12.1. The Bertz CT molecular complexity index is 427. The molecule has 5 heteroatoms. The third kappa shape index (κ3) is 3.66. The van der Waals surface area contributed by atoms with E-state index in [9.17, 15) is 4.79 Å². The largest absolute Gasteiger partial charge is 0.478 e. The van der Waals surface area contributed by atoms with Crippen LogP contribution in [0.15, 0.2) is 18.2 Å². The van der Waals surface area contributed by atoms with Crippen molar-refractivity contribution in [3.63, 3.8) is 0 Å². The van der Waals surface area contributed by atoms with Crippen LogP contribution >= 0.6 is 22.6 Å². The summed E-state index contributed by atoms with van der Waals surface area (Å²) in [6.45, 7) is 1.22. The number of hydrogen-bond donors (Lipinski definition) is 1. The lowest BCUT2D eigenvalue weighted by Gasteiger charge is -2.22. The summed E-state index contributed by atoms with van der Waals surface area (Å²) in [5.74, 6) is -0.906. The maximum atomic E-state index is 10.8. The molecule has 2 rings (SSSR count). The molecule has 0 aromatic heterocycles. The predicted molar refractivity (Wildman–Crippen MR) is 74.5 cm³/mol. The van der Waals surface area contributed by atoms with Crippen LogP contribution in [-0.4, -0.2) is 24.0 Å². The number of carboxylic acids is 1. The van der Waals surface area contributed by atoms with Crippen LogP contribution in [0.3, 0.4) is 0 Å². The molecule has 0 amide bonds. The highest BCUT2D eigenvalue weighted by atomic mass is 127. The molecule has 1 heterocycles. The summed E-state index contributed by atoms with van der Waals surface area (Å²) in [4.78, 5) is 10.8. The molecule has 0 spiro atoms. The van der Waals surface area contributed by atoms with Crippen molar-refractivity contribution >= 4 is 28.6 Å². The zero-order valence-electron chi connectivity index (χ0n) is 9.89. The third-order valence-corrected chi connectivity index (χ3v) is 3.87. The van der Waals surface area contributed by atoms with Gasteiger partial charge in [-0.25, -0.2) is 4.79 Å². The van der Waals surface area contributed by atoms with Crippen molar-refractivity contribution in [2.75, 3.05) is 6.61 Å². The van der Waals surface area contributed by atoms with E-state index in [1.807, 2.05) is 0 Å². The van der Waals surface area contributed by atoms with Crippen LogP contribution in [0, 0.1) is 3.57 Å². The Morgan fingerprint density at radius 2 is 2.33 bits per heavy atom. The molecule has 1 aromatic carbocycles. The van der Waals surface area contributed by atoms with Crippen molar-refractivity contribution in [3.05, 3.63) is 32.9 Å². The highest BCUT2D eigenvalue weighted by molar-refractivity contribution is 14.1. The number of halogens is 1. The van der Waals surface area contributed by atoms with Crippen LogP contribution < -0.4 is 0 Å². The molecular formula is C13H15IO4. The van der Waals surface area contributed by atoms with E-state index in [0.29, 0.717) is 12.2 Å². The van der Waals surface area contributed by atoms with Gasteiger partial charge in [-0.15, -0.1) is 0 Å². The highest BCUT2D eigenvalue weighted by Crippen LogP contribution is 2.19. The number of rotatable bonds is 4. The fourth-order valence-electron chi connectivity index (χ4n) is 1.82. The van der Waals surface area contributed by atoms with Crippen molar-refractivity contribution in [2.24, 2.45) is 0 Å². The van der Waals surface area contributed by atoms with E-state index < -0.39 is 5.97 Å². The van der Waals surface area contributed by atoms with Gasteiger partial charge in [0.1, 0.15) is 0 Å². The molecule has 18 heavy (non-hydrogen) atoms. The Morgan fingerprint density at radius 1 is 1.50 bits per heavy atom. The second kappa shape index (κ2) is 6.49. The van der Waals surface area contributed by atoms with Gasteiger partial charge in [-0.2, -0.15) is 0 Å². The van der Waals surface area contributed by atoms with Gasteiger partial charge < -0.3 is 14.6 Å². The van der Waals surface area contributed by atoms with Crippen LogP contribution in [0.2, 0.25) is 0 Å². The van der Waals surface area contributed by atoms with Crippen molar-refractivity contribution in [3.8, 4) is 0 Å². The summed E-state index contributed by atoms with van der Waals surface area (Å²) in [6.07, 6.45) is 3.06. The molecular weight excluding hydrogens is 347 g/mol. The fraction of sp³-hybridized carbons (Fsp3) is 0.462. The van der Waals surface area contributed by atoms with Crippen molar-refractivity contribution < 1.29 is 19.4 Å². The molecule has 1 saturated heterocycles. The molecule has 1 atom stereocenters. The number of hydrogen-bond acceptors (Lipinski definition) is 3. The van der Waals surface area contributed by atoms with Crippen LogP contribution in [0.1, 0.15) is 35.2 Å². The van der Waals surface area contributed by atoms with Gasteiger partial charge in [0.2, 0.25) is 0 Å². The molecule has 1 fully saturated rings. The van der Waals surface area contributed by atoms with Crippen molar-refractivity contribution in [2.45, 2.75) is 32.2 Å². The molecule has 1 aliphatic heterocycles. The maximum absolute atomic E-state index is 10.8. The summed E-state index contributed by atoms with van der Waals surface area (Å²) in [6, 6.07) is 5.06. The first-order valence-corrected chi connectivity index (χ1v) is 6.99. The lowest BCUT2D eigenvalue weighted by atomic mass is 10.1. The first-order chi connectivity index (χ1) is 8.66. The fourth-order valence-corrected chi connectivity index (χ4v) is 2.49. The van der Waals surface area contributed by atoms with Gasteiger partial charge in [0, 0.05) is 10.2 Å². The summed E-state index contributed by atoms with van der Waals surface area (Å²) < 4.78 is 12.1. The van der Waals surface area contributed by atoms with Gasteiger partial charge in [-0.1, -0.05) is 6.07 Å². The predicted octanol–water partition coefficient (Wildman–Crippen LogP) is 3.03. The van der Waals surface area contributed by atoms with E-state index in [-0.39, 0.29) is 6.29 Å². The number of ether oxygens (including phenoxy) is 2. The second-order valence-electron chi connectivity index (χ2n) is 4.22. The summed E-state index contributed by atoms with van der Waals surface area (Å²) in [5, 5.41) is 8.88. The quantitative estimate of drug-likeness (QED) is 0.837. The molecule has 0 saturated carbocycles. The van der Waals surface area contributed by atoms with Gasteiger partial charge in [0.05, 0.1) is 12.2 Å². The minimum atomic E-state index is -0.906. The monoisotopic (exact) mass is 362 g/mol. The Labute approximate surface area is 119 Å². The van der Waals surface area contributed by atoms with E-state index in [1.165, 1.54) is 0 Å². The van der Waals surface area contributed by atoms with Gasteiger partial charge in [-0.3, -0.25) is 0 Å². The number of aromatic carboxylic acids is 1. The molecule has 98 valence electrons. The molecule has 4 nitrogen and oxygen atoms in total. The molecule has 0 radical (unpaired) electrons. The van der Waals surface area contributed by atoms with Crippen LogP contribution in [0.25, 0.3) is 0 Å². The first kappa shape index (κ1) is 13.8. The Kier molecular flexibility index (Phi) is 4.96. The van der Waals surface area contributed by atoms with Gasteiger partial charge in [0.15, 0.2) is 6.29 Å². The van der Waals surface area contributed by atoms with E-state index in [0.717, 1.165) is 35.0 Å². The summed E-state index contributed by atoms with van der Waals surface area (Å²) >= 11 is 2.13. The normalized spacial score (nSPS) is 19.7. The smallest absolute Gasteiger partial charge is 0.335 e. The molecule has 0 bridgehead atoms. The molecule has 0 aliphatic carbocycles. The average molecular weight is 362 g/mol. The third-order valence-electron chi connectivity index (χ3n) is 2.86. The van der Waals surface area contributed by atoms with Crippen LogP contribution in [0.4, 0.5) is 0 Å². The topological polar surface area (TPSA) is 55.8 Å². The van der Waals surface area contributed by atoms with E-state index in [1.54, 1.807) is 18.2 Å². The van der Waals surface area contributed by atoms with Gasteiger partial charge in [-0.05, 0) is 59.5 Å². The van der Waals surface area contributed by atoms with Crippen LogP contribution in [0.5, 0.6) is 0 Å². The Balaban J connectivity index is 1.94. The molecule has 1 aromatic rings. The second-order valence-corrected chi connectivity index (χ2v) is 5.38. The van der Waals surface area contributed by atoms with Gasteiger partial charge >= 0.3 is 5.97 Å². The zero-order chi connectivity index (χ0) is 13.0. The average Bonchev–Trinajstić information content (AvgIpc) is 2.38. The summed E-state index contributed by atoms with van der Waals surface area (Å²) in [5.41, 5.74) is 1.30. The highest BCUT2D eigenvalue weighted by Gasteiger charge is 2.15. The number of carboxylic acid groups (broad SMARTS) is 1. The Hall–Kier alpha value is -0.660. The lowest BCUT2D eigenvalue weighted by Crippen LogP contribution is -2.22. The minimum absolute atomic E-state index is 0.117. The van der Waals surface area contributed by atoms with Crippen molar-refractivity contribution in [1.29, 1.82) is 0 Å². The molecule has 1 unspecified atom stereocenters. The maximum Gasteiger partial charge on any atom is 0.335 e. The van der Waals surface area contributed by atoms with E-state index in [4.69, 9.17) is 14.6 Å². The van der Waals surface area contributed by atoms with E-state index >= 15 is 0 Å². The van der Waals surface area contributed by atoms with E-state index in [2.05, 4.69) is 22.6 Å². The first-order valence-electron chi connectivity index (χ1n) is 5.92. The molecule has 1 N–H and O–H groups in total. The van der Waals surface area contributed by atoms with Gasteiger partial charge in [0.25, 0.3) is 0 Å². The Morgan fingerprint density at radius 3 is 2.94 bits per heavy atom. The number of benzene rings is 1. The molecule has 1 aliphatic rings. The van der Waals surface area contributed by atoms with Crippen LogP contribution in [-0.2, 0) is 16.1 Å². The lowest BCUT2D eigenvalue weighted by molar-refractivity contribution is -0.169. The summed E-state index contributed by atoms with van der Waals surface area (Å²) in [7, 11) is 0. The minimum Gasteiger partial charge on any atom is -0.478 e. The van der Waals surface area contributed by atoms with Crippen molar-refractivity contribution in [1.82, 2.24) is 0 Å². The number of carbonyl (C=O) groups is 1. The SMILES string of the molecule is O=C(O)c1ccc(COC2CCCCO2)c(I)c1.